The molecule has 0 unspecified atom stereocenters. The van der Waals surface area contributed by atoms with Gasteiger partial charge in [-0.1, -0.05) is 29.8 Å². The molecule has 0 aliphatic carbocycles. The van der Waals surface area contributed by atoms with Crippen LogP contribution in [0.4, 0.5) is 0 Å². The first-order valence-corrected chi connectivity index (χ1v) is 8.86. The van der Waals surface area contributed by atoms with Gasteiger partial charge in [-0.15, -0.1) is 0 Å². The summed E-state index contributed by atoms with van der Waals surface area (Å²) in [6, 6.07) is 9.41. The van der Waals surface area contributed by atoms with E-state index in [4.69, 9.17) is 11.6 Å². The standard InChI is InChI=1S/C19H22ClN3O2/c1-13-10-18(24)16(11-21-13)19(25)22-15-6-8-23(9-7-15)12-14-4-2-3-5-17(14)20/h2-5,10-11,15H,6-9,12H2,1H3,(H,21,24)(H,22,25). The molecule has 0 bridgehead atoms. The Bertz CT molecular complexity index is 810. The van der Waals surface area contributed by atoms with Crippen molar-refractivity contribution in [1.29, 1.82) is 0 Å². The van der Waals surface area contributed by atoms with Gasteiger partial charge in [0.1, 0.15) is 5.56 Å². The number of aryl methyl sites for hydroxylation is 1. The molecular weight excluding hydrogens is 338 g/mol. The highest BCUT2D eigenvalue weighted by Crippen LogP contribution is 2.19. The number of aromatic nitrogens is 1. The highest BCUT2D eigenvalue weighted by Gasteiger charge is 2.22. The van der Waals surface area contributed by atoms with Crippen molar-refractivity contribution in [3.05, 3.63) is 68.6 Å². The third-order valence-electron chi connectivity index (χ3n) is 4.58. The molecule has 0 saturated carbocycles. The maximum absolute atomic E-state index is 12.3. The quantitative estimate of drug-likeness (QED) is 0.882. The summed E-state index contributed by atoms with van der Waals surface area (Å²) in [7, 11) is 0. The minimum Gasteiger partial charge on any atom is -0.364 e. The first-order valence-electron chi connectivity index (χ1n) is 8.49. The molecule has 2 N–H and O–H groups in total. The van der Waals surface area contributed by atoms with Gasteiger partial charge >= 0.3 is 0 Å². The molecule has 1 saturated heterocycles. The molecule has 0 radical (unpaired) electrons. The molecule has 2 heterocycles. The number of amides is 1. The number of rotatable bonds is 4. The maximum Gasteiger partial charge on any atom is 0.256 e. The van der Waals surface area contributed by atoms with E-state index in [1.54, 1.807) is 6.92 Å². The van der Waals surface area contributed by atoms with Crippen molar-refractivity contribution in [3.63, 3.8) is 0 Å². The number of carbonyl (C=O) groups excluding carboxylic acids is 1. The molecule has 1 aliphatic heterocycles. The van der Waals surface area contributed by atoms with E-state index in [0.29, 0.717) is 0 Å². The first kappa shape index (κ1) is 17.7. The third kappa shape index (κ3) is 4.50. The summed E-state index contributed by atoms with van der Waals surface area (Å²) in [5.41, 5.74) is 1.79. The Labute approximate surface area is 152 Å². The lowest BCUT2D eigenvalue weighted by Gasteiger charge is -2.32. The predicted molar refractivity (Wildman–Crippen MR) is 99.0 cm³/mol. The fourth-order valence-electron chi connectivity index (χ4n) is 3.12. The normalized spacial score (nSPS) is 15.9. The van der Waals surface area contributed by atoms with Gasteiger partial charge in [-0.3, -0.25) is 14.5 Å². The van der Waals surface area contributed by atoms with Crippen LogP contribution >= 0.6 is 11.6 Å². The van der Waals surface area contributed by atoms with Crippen LogP contribution in [0.5, 0.6) is 0 Å². The number of hydrogen-bond acceptors (Lipinski definition) is 3. The van der Waals surface area contributed by atoms with E-state index in [1.165, 1.54) is 12.3 Å². The van der Waals surface area contributed by atoms with Crippen LogP contribution in [-0.4, -0.2) is 34.9 Å². The SMILES string of the molecule is Cc1cc(=O)c(C(=O)NC2CCN(Cc3ccccc3Cl)CC2)c[nH]1. The van der Waals surface area contributed by atoms with Gasteiger partial charge in [0.15, 0.2) is 5.43 Å². The van der Waals surface area contributed by atoms with E-state index < -0.39 is 0 Å². The predicted octanol–water partition coefficient (Wildman–Crippen LogP) is 2.73. The molecule has 1 aromatic carbocycles. The second kappa shape index (κ2) is 7.85. The van der Waals surface area contributed by atoms with E-state index in [9.17, 15) is 9.59 Å². The largest absolute Gasteiger partial charge is 0.364 e. The van der Waals surface area contributed by atoms with Gasteiger partial charge in [-0.25, -0.2) is 0 Å². The van der Waals surface area contributed by atoms with Gasteiger partial charge in [0, 0.05) is 48.7 Å². The molecule has 1 amide bonds. The lowest BCUT2D eigenvalue weighted by Crippen LogP contribution is -2.45. The number of aromatic amines is 1. The fourth-order valence-corrected chi connectivity index (χ4v) is 3.31. The molecule has 25 heavy (non-hydrogen) atoms. The van der Waals surface area contributed by atoms with Crippen LogP contribution in [0.3, 0.4) is 0 Å². The Kier molecular flexibility index (Phi) is 5.56. The molecule has 0 atom stereocenters. The molecular formula is C19H22ClN3O2. The number of benzene rings is 1. The Hall–Kier alpha value is -2.11. The van der Waals surface area contributed by atoms with Crippen LogP contribution in [-0.2, 0) is 6.54 Å². The second-order valence-corrected chi connectivity index (χ2v) is 6.92. The van der Waals surface area contributed by atoms with E-state index in [2.05, 4.69) is 15.2 Å². The van der Waals surface area contributed by atoms with Crippen LogP contribution in [0.25, 0.3) is 0 Å². The molecule has 5 nitrogen and oxygen atoms in total. The highest BCUT2D eigenvalue weighted by atomic mass is 35.5. The van der Waals surface area contributed by atoms with Gasteiger partial charge in [-0.2, -0.15) is 0 Å². The number of carbonyl (C=O) groups is 1. The van der Waals surface area contributed by atoms with Gasteiger partial charge in [0.25, 0.3) is 5.91 Å². The minimum absolute atomic E-state index is 0.0932. The molecule has 1 fully saturated rings. The Morgan fingerprint density at radius 3 is 2.72 bits per heavy atom. The summed E-state index contributed by atoms with van der Waals surface area (Å²) < 4.78 is 0. The third-order valence-corrected chi connectivity index (χ3v) is 4.95. The summed E-state index contributed by atoms with van der Waals surface area (Å²) in [6.07, 6.45) is 3.21. The zero-order valence-corrected chi connectivity index (χ0v) is 15.0. The van der Waals surface area contributed by atoms with E-state index in [0.717, 1.165) is 48.8 Å². The topological polar surface area (TPSA) is 65.2 Å². The molecule has 132 valence electrons. The van der Waals surface area contributed by atoms with Crippen molar-refractivity contribution in [2.24, 2.45) is 0 Å². The van der Waals surface area contributed by atoms with Crippen LogP contribution in [0, 0.1) is 6.92 Å². The summed E-state index contributed by atoms with van der Waals surface area (Å²) >= 11 is 6.22. The highest BCUT2D eigenvalue weighted by molar-refractivity contribution is 6.31. The second-order valence-electron chi connectivity index (χ2n) is 6.51. The number of halogens is 1. The Balaban J connectivity index is 1.53. The van der Waals surface area contributed by atoms with Crippen molar-refractivity contribution in [3.8, 4) is 0 Å². The van der Waals surface area contributed by atoms with E-state index in [1.807, 2.05) is 24.3 Å². The first-order chi connectivity index (χ1) is 12.0. The molecule has 2 aromatic rings. The van der Waals surface area contributed by atoms with Crippen molar-refractivity contribution in [1.82, 2.24) is 15.2 Å². The average molecular weight is 360 g/mol. The van der Waals surface area contributed by atoms with Crippen LogP contribution in [0.2, 0.25) is 5.02 Å². The molecule has 3 rings (SSSR count). The van der Waals surface area contributed by atoms with Crippen LogP contribution in [0.15, 0.2) is 41.3 Å². The summed E-state index contributed by atoms with van der Waals surface area (Å²) in [5, 5.41) is 3.77. The maximum atomic E-state index is 12.3. The fraction of sp³-hybridized carbons (Fsp3) is 0.368. The van der Waals surface area contributed by atoms with Crippen LogP contribution < -0.4 is 10.7 Å². The lowest BCUT2D eigenvalue weighted by atomic mass is 10.0. The summed E-state index contributed by atoms with van der Waals surface area (Å²) in [6.45, 7) is 4.39. The van der Waals surface area contributed by atoms with E-state index >= 15 is 0 Å². The van der Waals surface area contributed by atoms with Crippen LogP contribution in [0.1, 0.15) is 34.5 Å². The number of piperidine rings is 1. The van der Waals surface area contributed by atoms with Gasteiger partial charge in [0.2, 0.25) is 0 Å². The monoisotopic (exact) mass is 359 g/mol. The van der Waals surface area contributed by atoms with Gasteiger partial charge < -0.3 is 10.3 Å². The Morgan fingerprint density at radius 2 is 2.04 bits per heavy atom. The minimum atomic E-state index is -0.300. The number of H-pyrrole nitrogens is 1. The molecule has 6 heteroatoms. The average Bonchev–Trinajstić information content (AvgIpc) is 2.58. The zero-order chi connectivity index (χ0) is 17.8. The molecule has 1 aromatic heterocycles. The van der Waals surface area contributed by atoms with Crippen molar-refractivity contribution < 1.29 is 4.79 Å². The van der Waals surface area contributed by atoms with Crippen molar-refractivity contribution in [2.45, 2.75) is 32.4 Å². The molecule has 0 spiro atoms. The van der Waals surface area contributed by atoms with Gasteiger partial charge in [-0.05, 0) is 31.4 Å². The number of nitrogens with zero attached hydrogens (tertiary/aromatic N) is 1. The van der Waals surface area contributed by atoms with E-state index in [-0.39, 0.29) is 22.9 Å². The number of nitrogens with one attached hydrogen (secondary N) is 2. The molecule has 1 aliphatic rings. The summed E-state index contributed by atoms with van der Waals surface area (Å²) in [4.78, 5) is 29.5. The van der Waals surface area contributed by atoms with Crippen molar-refractivity contribution >= 4 is 17.5 Å². The lowest BCUT2D eigenvalue weighted by molar-refractivity contribution is 0.0907. The number of pyridine rings is 1. The summed E-state index contributed by atoms with van der Waals surface area (Å²) in [5.74, 6) is -0.300. The van der Waals surface area contributed by atoms with Gasteiger partial charge in [0.05, 0.1) is 0 Å². The van der Waals surface area contributed by atoms with Crippen molar-refractivity contribution in [2.75, 3.05) is 13.1 Å². The smallest absolute Gasteiger partial charge is 0.256 e. The Morgan fingerprint density at radius 1 is 1.32 bits per heavy atom. The number of likely N-dealkylation sites (tertiary alicyclic amines) is 1. The zero-order valence-electron chi connectivity index (χ0n) is 14.2. The number of hydrogen-bond donors (Lipinski definition) is 2.